The molecule has 1 N–H and O–H groups in total. The zero-order valence-corrected chi connectivity index (χ0v) is 23.7. The monoisotopic (exact) mass is 595 g/mol. The second-order valence-corrected chi connectivity index (χ2v) is 10.8. The zero-order chi connectivity index (χ0) is 30.4. The Kier molecular flexibility index (Phi) is 7.01. The Morgan fingerprint density at radius 3 is 2.52 bits per heavy atom. The van der Waals surface area contributed by atoms with Gasteiger partial charge in [0.05, 0.1) is 46.0 Å². The largest absolute Gasteiger partial charge is 0.478 e. The highest BCUT2D eigenvalue weighted by atomic mass is 19.1. The van der Waals surface area contributed by atoms with Gasteiger partial charge in [-0.3, -0.25) is 0 Å². The Balaban J connectivity index is 1.15. The maximum Gasteiger partial charge on any atom is 0.335 e. The van der Waals surface area contributed by atoms with Crippen molar-refractivity contribution in [1.29, 1.82) is 0 Å². The van der Waals surface area contributed by atoms with Crippen molar-refractivity contribution in [3.05, 3.63) is 107 Å². The maximum atomic E-state index is 15.5. The predicted octanol–water partition coefficient (Wildman–Crippen LogP) is 5.92. The number of benzene rings is 3. The van der Waals surface area contributed by atoms with E-state index >= 15 is 8.78 Å². The first kappa shape index (κ1) is 27.7. The van der Waals surface area contributed by atoms with E-state index in [1.165, 1.54) is 6.07 Å². The van der Waals surface area contributed by atoms with Crippen LogP contribution in [0.2, 0.25) is 0 Å². The highest BCUT2D eigenvalue weighted by molar-refractivity contribution is 5.92. The molecule has 1 saturated heterocycles. The van der Waals surface area contributed by atoms with Crippen molar-refractivity contribution in [2.45, 2.75) is 32.1 Å². The van der Waals surface area contributed by atoms with Crippen molar-refractivity contribution >= 4 is 28.0 Å². The number of fused-ring (bicyclic) bond motifs is 2. The molecule has 0 saturated carbocycles. The molecule has 4 heterocycles. The van der Waals surface area contributed by atoms with E-state index in [1.807, 2.05) is 40.4 Å². The van der Waals surface area contributed by atoms with Gasteiger partial charge in [-0.15, -0.1) is 0 Å². The SMILES string of the molecule is Cn1c(COc2cccc(-c3cc(F)c(Cc4nc5ccc(C(=O)O)cc5n4C[C@@H]4CCO4)cc3F)n2)nc2ccccc21. The number of hydrogen-bond donors (Lipinski definition) is 1. The second-order valence-electron chi connectivity index (χ2n) is 10.8. The molecule has 1 aliphatic heterocycles. The number of halogens is 2. The number of aryl methyl sites for hydroxylation is 1. The van der Waals surface area contributed by atoms with Gasteiger partial charge < -0.3 is 23.7 Å². The minimum absolute atomic E-state index is 0.00142. The number of aromatic carboxylic acids is 1. The third-order valence-corrected chi connectivity index (χ3v) is 7.97. The van der Waals surface area contributed by atoms with Gasteiger partial charge in [-0.05, 0) is 60.5 Å². The van der Waals surface area contributed by atoms with Crippen LogP contribution in [0.5, 0.6) is 5.88 Å². The summed E-state index contributed by atoms with van der Waals surface area (Å²) in [5, 5.41) is 9.48. The summed E-state index contributed by atoms with van der Waals surface area (Å²) in [7, 11) is 1.90. The van der Waals surface area contributed by atoms with E-state index in [-0.39, 0.29) is 47.4 Å². The van der Waals surface area contributed by atoms with E-state index in [4.69, 9.17) is 9.47 Å². The Morgan fingerprint density at radius 2 is 1.75 bits per heavy atom. The zero-order valence-electron chi connectivity index (χ0n) is 23.7. The summed E-state index contributed by atoms with van der Waals surface area (Å²) in [6.07, 6.45) is 0.797. The molecule has 3 aromatic carbocycles. The van der Waals surface area contributed by atoms with Gasteiger partial charge in [0, 0.05) is 31.7 Å². The summed E-state index contributed by atoms with van der Waals surface area (Å²) < 4.78 is 46.3. The smallest absolute Gasteiger partial charge is 0.335 e. The third kappa shape index (κ3) is 5.15. The predicted molar refractivity (Wildman–Crippen MR) is 158 cm³/mol. The van der Waals surface area contributed by atoms with Crippen LogP contribution in [0.3, 0.4) is 0 Å². The van der Waals surface area contributed by atoms with Crippen LogP contribution < -0.4 is 4.74 Å². The van der Waals surface area contributed by atoms with E-state index in [2.05, 4.69) is 15.0 Å². The molecule has 0 bridgehead atoms. The van der Waals surface area contributed by atoms with Crippen LogP contribution in [0.25, 0.3) is 33.3 Å². The molecule has 0 radical (unpaired) electrons. The third-order valence-electron chi connectivity index (χ3n) is 7.97. The van der Waals surface area contributed by atoms with Crippen LogP contribution in [0.15, 0.2) is 72.8 Å². The molecule has 9 nitrogen and oxygen atoms in total. The fraction of sp³-hybridized carbons (Fsp3) is 0.212. The summed E-state index contributed by atoms with van der Waals surface area (Å²) in [5.41, 5.74) is 3.47. The lowest BCUT2D eigenvalue weighted by Gasteiger charge is -2.27. The number of carboxylic acid groups (broad SMARTS) is 1. The van der Waals surface area contributed by atoms with Gasteiger partial charge in [-0.2, -0.15) is 0 Å². The van der Waals surface area contributed by atoms with Crippen LogP contribution in [-0.4, -0.2) is 47.9 Å². The van der Waals surface area contributed by atoms with E-state index in [0.29, 0.717) is 35.8 Å². The molecule has 0 aliphatic carbocycles. The quantitative estimate of drug-likeness (QED) is 0.221. The number of para-hydroxylation sites is 2. The van der Waals surface area contributed by atoms with Crippen LogP contribution in [0.4, 0.5) is 8.78 Å². The van der Waals surface area contributed by atoms with E-state index in [1.54, 1.807) is 30.3 Å². The number of aromatic nitrogens is 5. The molecule has 7 rings (SSSR count). The molecule has 44 heavy (non-hydrogen) atoms. The number of carboxylic acids is 1. The van der Waals surface area contributed by atoms with Crippen molar-refractivity contribution in [3.8, 4) is 17.1 Å². The standard InChI is InChI=1S/C33H27F2N5O4/c1-39-28-7-3-2-5-26(28)37-31(39)18-44-32-8-4-6-25(38-32)22-16-23(34)20(13-24(22)35)15-30-36-27-10-9-19(33(41)42)14-29(27)40(30)17-21-11-12-43-21/h2-10,13-14,16,21H,11-12,15,17-18H2,1H3,(H,41,42)/t21-/m0/s1. The highest BCUT2D eigenvalue weighted by Gasteiger charge is 2.24. The first-order valence-corrected chi connectivity index (χ1v) is 14.2. The van der Waals surface area contributed by atoms with Crippen LogP contribution >= 0.6 is 0 Å². The molecular weight excluding hydrogens is 568 g/mol. The Morgan fingerprint density at radius 1 is 0.955 bits per heavy atom. The maximum absolute atomic E-state index is 15.5. The number of pyridine rings is 1. The second kappa shape index (κ2) is 11.2. The summed E-state index contributed by atoms with van der Waals surface area (Å²) in [6, 6.07) is 19.6. The summed E-state index contributed by atoms with van der Waals surface area (Å²) in [5.74, 6) is -0.865. The topological polar surface area (TPSA) is 104 Å². The van der Waals surface area contributed by atoms with Gasteiger partial charge in [0.15, 0.2) is 0 Å². The molecule has 0 unspecified atom stereocenters. The minimum atomic E-state index is -1.06. The first-order valence-electron chi connectivity index (χ1n) is 14.2. The fourth-order valence-electron chi connectivity index (χ4n) is 5.47. The molecule has 1 fully saturated rings. The first-order chi connectivity index (χ1) is 21.3. The van der Waals surface area contributed by atoms with Gasteiger partial charge in [0.25, 0.3) is 0 Å². The van der Waals surface area contributed by atoms with Gasteiger partial charge >= 0.3 is 5.97 Å². The van der Waals surface area contributed by atoms with Gasteiger partial charge in [-0.25, -0.2) is 28.5 Å². The Bertz CT molecular complexity index is 2050. The van der Waals surface area contributed by atoms with Crippen molar-refractivity contribution in [2.24, 2.45) is 7.05 Å². The molecule has 222 valence electrons. The van der Waals surface area contributed by atoms with E-state index in [9.17, 15) is 9.90 Å². The molecule has 1 atom stereocenters. The molecule has 0 spiro atoms. The van der Waals surface area contributed by atoms with Crippen molar-refractivity contribution in [2.75, 3.05) is 6.61 Å². The molecule has 3 aromatic heterocycles. The fourth-order valence-corrected chi connectivity index (χ4v) is 5.47. The lowest BCUT2D eigenvalue weighted by atomic mass is 10.0. The molecular formula is C33H27F2N5O4. The van der Waals surface area contributed by atoms with E-state index < -0.39 is 17.6 Å². The van der Waals surface area contributed by atoms with Crippen LogP contribution in [-0.2, 0) is 31.4 Å². The number of rotatable bonds is 9. The molecule has 1 aliphatic rings. The number of ether oxygens (including phenoxy) is 2. The number of nitrogens with zero attached hydrogens (tertiary/aromatic N) is 5. The van der Waals surface area contributed by atoms with Crippen molar-refractivity contribution in [3.63, 3.8) is 0 Å². The van der Waals surface area contributed by atoms with Crippen LogP contribution in [0.1, 0.15) is 34.0 Å². The number of hydrogen-bond acceptors (Lipinski definition) is 6. The summed E-state index contributed by atoms with van der Waals surface area (Å²) in [4.78, 5) is 25.2. The highest BCUT2D eigenvalue weighted by Crippen LogP contribution is 2.29. The Labute approximate surface area is 250 Å². The summed E-state index contributed by atoms with van der Waals surface area (Å²) >= 11 is 0. The molecule has 6 aromatic rings. The Hall–Kier alpha value is -5.16. The van der Waals surface area contributed by atoms with Crippen LogP contribution in [0, 0.1) is 11.6 Å². The average Bonchev–Trinajstić information content (AvgIpc) is 3.51. The van der Waals surface area contributed by atoms with Crippen molar-refractivity contribution < 1.29 is 28.2 Å². The molecule has 11 heteroatoms. The van der Waals surface area contributed by atoms with Gasteiger partial charge in [0.1, 0.15) is 29.9 Å². The van der Waals surface area contributed by atoms with Crippen molar-refractivity contribution in [1.82, 2.24) is 24.1 Å². The summed E-state index contributed by atoms with van der Waals surface area (Å²) in [6.45, 7) is 1.23. The minimum Gasteiger partial charge on any atom is -0.478 e. The normalized spacial score (nSPS) is 14.7. The number of imidazole rings is 2. The lowest BCUT2D eigenvalue weighted by molar-refractivity contribution is -0.0589. The number of carbonyl (C=O) groups is 1. The van der Waals surface area contributed by atoms with E-state index in [0.717, 1.165) is 29.6 Å². The van der Waals surface area contributed by atoms with Gasteiger partial charge in [0.2, 0.25) is 5.88 Å². The molecule has 0 amide bonds. The van der Waals surface area contributed by atoms with Gasteiger partial charge in [-0.1, -0.05) is 18.2 Å². The average molecular weight is 596 g/mol. The lowest BCUT2D eigenvalue weighted by Crippen LogP contribution is -2.31.